The Morgan fingerprint density at radius 1 is 0.467 bits per heavy atom. The Hall–Kier alpha value is -2.18. The molecule has 4 unspecified atom stereocenters. The van der Waals surface area contributed by atoms with E-state index in [9.17, 15) is 64.9 Å². The topological polar surface area (TPSA) is 313 Å². The third-order valence-corrected chi connectivity index (χ3v) is 15.4. The van der Waals surface area contributed by atoms with Crippen LogP contribution in [0, 0.1) is 10.8 Å². The summed E-state index contributed by atoms with van der Waals surface area (Å²) in [6.45, 7) is 0.279. The number of aliphatic hydroxyl groups excluding tert-OH is 2. The molecule has 2 N–H and O–H groups in total. The predicted molar refractivity (Wildman–Crippen MR) is 277 cm³/mol. The fourth-order valence-corrected chi connectivity index (χ4v) is 9.48. The Kier molecular flexibility index (Phi) is 41.5. The van der Waals surface area contributed by atoms with Crippen LogP contribution in [-0.4, -0.2) is 173 Å². The molecule has 0 bridgehead atoms. The Labute approximate surface area is 477 Å². The van der Waals surface area contributed by atoms with Crippen molar-refractivity contribution in [2.24, 2.45) is 10.8 Å². The Balaban J connectivity index is 0.00000144. The van der Waals surface area contributed by atoms with Gasteiger partial charge in [0.15, 0.2) is 10.5 Å². The van der Waals surface area contributed by atoms with Crippen LogP contribution in [0.5, 0.6) is 0 Å². The Morgan fingerprint density at radius 3 is 0.947 bits per heavy atom. The minimum atomic E-state index is -5.14. The van der Waals surface area contributed by atoms with Crippen LogP contribution in [0.3, 0.4) is 0 Å². The van der Waals surface area contributed by atoms with Crippen molar-refractivity contribution in [2.45, 2.75) is 230 Å². The molecule has 0 radical (unpaired) electrons. The molecule has 0 aromatic carbocycles. The zero-order valence-corrected chi connectivity index (χ0v) is 49.0. The van der Waals surface area contributed by atoms with Gasteiger partial charge in [0.05, 0.1) is 36.9 Å². The molecule has 2 fully saturated rings. The molecule has 432 valence electrons. The van der Waals surface area contributed by atoms with Crippen molar-refractivity contribution in [1.29, 1.82) is 0 Å². The van der Waals surface area contributed by atoms with Gasteiger partial charge in [0.25, 0.3) is 0 Å². The summed E-state index contributed by atoms with van der Waals surface area (Å²) in [7, 11) is -10.3. The number of carbonyl (C=O) groups excluding carboxylic acids is 6. The molecule has 0 aromatic rings. The van der Waals surface area contributed by atoms with E-state index >= 15 is 0 Å². The number of hydrogen-bond donors (Lipinski definition) is 2. The minimum Gasteiger partial charge on any atom is -0.747 e. The van der Waals surface area contributed by atoms with Crippen molar-refractivity contribution in [2.75, 3.05) is 52.9 Å². The van der Waals surface area contributed by atoms with Crippen LogP contribution in [0.15, 0.2) is 0 Å². The second-order valence-corrected chi connectivity index (χ2v) is 23.3. The van der Waals surface area contributed by atoms with E-state index in [4.69, 9.17) is 28.4 Å². The van der Waals surface area contributed by atoms with Crippen LogP contribution in [0.1, 0.15) is 219 Å². The summed E-state index contributed by atoms with van der Waals surface area (Å²) >= 11 is 0. The second-order valence-electron chi connectivity index (χ2n) is 20.2. The number of ether oxygens (including phenoxy) is 6. The number of unbranched alkanes of at least 4 members (excludes halogenated alkanes) is 26. The molecule has 2 saturated heterocycles. The van der Waals surface area contributed by atoms with Crippen LogP contribution in [0.2, 0.25) is 0 Å². The fraction of sp³-hybridized carbons (Fsp3) is 0.885. The summed E-state index contributed by atoms with van der Waals surface area (Å²) in [4.78, 5) is 72.1. The molecule has 2 aliphatic rings. The predicted octanol–water partition coefficient (Wildman–Crippen LogP) is 7.19. The summed E-state index contributed by atoms with van der Waals surface area (Å²) in [6, 6.07) is 0. The average Bonchev–Trinajstić information content (AvgIpc) is 3.47. The van der Waals surface area contributed by atoms with Gasteiger partial charge in [-0.3, -0.25) is 28.8 Å². The molecule has 2 rings (SSSR count). The summed E-state index contributed by atoms with van der Waals surface area (Å²) in [6.07, 6.45) is 32.0. The van der Waals surface area contributed by atoms with E-state index in [1.54, 1.807) is 0 Å². The summed E-state index contributed by atoms with van der Waals surface area (Å²) in [5.74, 6) is -6.00. The molecule has 4 atom stereocenters. The number of carbonyl (C=O) groups is 6. The van der Waals surface area contributed by atoms with Gasteiger partial charge in [-0.25, -0.2) is 16.8 Å². The normalized spacial score (nSPS) is 20.6. The van der Waals surface area contributed by atoms with E-state index in [0.717, 1.165) is 38.5 Å². The van der Waals surface area contributed by atoms with Crippen LogP contribution in [0.25, 0.3) is 0 Å². The van der Waals surface area contributed by atoms with Crippen molar-refractivity contribution >= 4 is 93.8 Å². The van der Waals surface area contributed by atoms with E-state index in [0.29, 0.717) is 12.8 Å². The second kappa shape index (κ2) is 42.7. The maximum Gasteiger partial charge on any atom is 2.00 e. The van der Waals surface area contributed by atoms with Gasteiger partial charge < -0.3 is 47.7 Å². The largest absolute Gasteiger partial charge is 2.00 e. The molecule has 20 nitrogen and oxygen atoms in total. The number of rotatable bonds is 38. The van der Waals surface area contributed by atoms with Crippen molar-refractivity contribution in [1.82, 2.24) is 0 Å². The van der Waals surface area contributed by atoms with Crippen LogP contribution < -0.4 is 0 Å². The van der Waals surface area contributed by atoms with Crippen LogP contribution in [0.4, 0.5) is 0 Å². The SMILES string of the molecule is CCCCCCCCCCCCCCCCC(=O)OCC1(CO)COC(=O)CC(S(=O)(=O)[O-])C(=O)OC1.CCCCCCCCCCCCCCCCC(=O)OCC1(CO)COC(=O)CC(S(=O)(=O)[O-])C(=O)OC1.[Ca+2]. The van der Waals surface area contributed by atoms with Gasteiger partial charge in [0.1, 0.15) is 59.9 Å². The average molecular weight is 1140 g/mol. The fourth-order valence-electron chi connectivity index (χ4n) is 8.19. The maximum absolute atomic E-state index is 12.2. The molecule has 0 aromatic heterocycles. The van der Waals surface area contributed by atoms with E-state index in [1.807, 2.05) is 0 Å². The van der Waals surface area contributed by atoms with Crippen LogP contribution >= 0.6 is 0 Å². The van der Waals surface area contributed by atoms with Crippen LogP contribution in [-0.2, 0) is 77.4 Å². The third-order valence-electron chi connectivity index (χ3n) is 13.3. The molecular formula is C52H90CaO20S2. The molecule has 0 saturated carbocycles. The molecule has 2 aliphatic heterocycles. The third kappa shape index (κ3) is 35.1. The zero-order chi connectivity index (χ0) is 55.1. The molecular weight excluding hydrogens is 1050 g/mol. The van der Waals surface area contributed by atoms with E-state index in [2.05, 4.69) is 13.8 Å². The molecule has 23 heteroatoms. The Bertz CT molecular complexity index is 1700. The van der Waals surface area contributed by atoms with Gasteiger partial charge in [-0.1, -0.05) is 181 Å². The first-order valence-corrected chi connectivity index (χ1v) is 30.3. The molecule has 0 spiro atoms. The first-order chi connectivity index (χ1) is 35.3. The quantitative estimate of drug-likeness (QED) is 0.0203. The molecule has 0 amide bonds. The zero-order valence-electron chi connectivity index (χ0n) is 45.2. The van der Waals surface area contributed by atoms with Crippen molar-refractivity contribution < 1.29 is 93.3 Å². The number of cyclic esters (lactones) is 4. The van der Waals surface area contributed by atoms with Crippen molar-refractivity contribution in [3.63, 3.8) is 0 Å². The molecule has 0 aliphatic carbocycles. The Morgan fingerprint density at radius 2 is 0.707 bits per heavy atom. The minimum absolute atomic E-state index is 0. The van der Waals surface area contributed by atoms with E-state index in [-0.39, 0.29) is 50.6 Å². The maximum atomic E-state index is 12.2. The smallest absolute Gasteiger partial charge is 0.747 e. The standard InChI is InChI=1S/2C26H46O10S.Ca/c2*1-2-3-4-5-6-7-8-9-10-11-12-13-14-15-16-23(28)34-19-26(18-27)20-35-24(29)17-22(37(31,32)33)25(30)36-21-26;/h2*22,27H,2-21H2,1H3,(H,31,32,33);/q;;+2/p-2. The summed E-state index contributed by atoms with van der Waals surface area (Å²) in [5.41, 5.74) is -2.89. The van der Waals surface area contributed by atoms with E-state index < -0.39 is 143 Å². The number of hydrogen-bond acceptors (Lipinski definition) is 20. The molecule has 2 heterocycles. The van der Waals surface area contributed by atoms with Gasteiger partial charge in [-0.2, -0.15) is 0 Å². The molecule has 75 heavy (non-hydrogen) atoms. The van der Waals surface area contributed by atoms with Crippen molar-refractivity contribution in [3.05, 3.63) is 0 Å². The summed E-state index contributed by atoms with van der Waals surface area (Å²) in [5, 5.41) is 15.2. The first-order valence-electron chi connectivity index (χ1n) is 27.3. The number of aliphatic hydroxyl groups is 2. The van der Waals surface area contributed by atoms with Gasteiger partial charge >= 0.3 is 73.6 Å². The number of esters is 6. The summed E-state index contributed by atoms with van der Waals surface area (Å²) < 4.78 is 97.6. The van der Waals surface area contributed by atoms with Gasteiger partial charge in [0.2, 0.25) is 0 Å². The van der Waals surface area contributed by atoms with Gasteiger partial charge in [-0.15, -0.1) is 0 Å². The first kappa shape index (κ1) is 72.8. The van der Waals surface area contributed by atoms with Crippen molar-refractivity contribution in [3.8, 4) is 0 Å². The van der Waals surface area contributed by atoms with Gasteiger partial charge in [-0.05, 0) is 12.8 Å². The van der Waals surface area contributed by atoms with Gasteiger partial charge in [0, 0.05) is 12.8 Å². The monoisotopic (exact) mass is 1140 g/mol. The van der Waals surface area contributed by atoms with E-state index in [1.165, 1.54) is 128 Å².